The van der Waals surface area contributed by atoms with Crippen molar-refractivity contribution < 1.29 is 19.4 Å². The van der Waals surface area contributed by atoms with Gasteiger partial charge < -0.3 is 14.6 Å². The van der Waals surface area contributed by atoms with Gasteiger partial charge in [0.05, 0.1) is 5.56 Å². The number of fused-ring (bicyclic) bond motifs is 1. The molecule has 0 aliphatic carbocycles. The lowest BCUT2D eigenvalue weighted by atomic mass is 10.1. The minimum atomic E-state index is -0.204. The van der Waals surface area contributed by atoms with E-state index in [4.69, 9.17) is 9.47 Å². The average Bonchev–Trinajstić information content (AvgIpc) is 2.91. The second kappa shape index (κ2) is 6.17. The zero-order chi connectivity index (χ0) is 17.2. The molecule has 25 heavy (non-hydrogen) atoms. The summed E-state index contributed by atoms with van der Waals surface area (Å²) in [5.41, 5.74) is 1.23. The Kier molecular flexibility index (Phi) is 3.71. The minimum absolute atomic E-state index is 0.0612. The lowest BCUT2D eigenvalue weighted by molar-refractivity contribution is 0.101. The largest absolute Gasteiger partial charge is 0.508 e. The van der Waals surface area contributed by atoms with Crippen LogP contribution in [0.25, 0.3) is 6.08 Å². The zero-order valence-corrected chi connectivity index (χ0v) is 13.2. The van der Waals surface area contributed by atoms with Crippen LogP contribution in [0.3, 0.4) is 0 Å². The number of carbonyl (C=O) groups is 1. The number of ether oxygens (including phenoxy) is 2. The maximum Gasteiger partial charge on any atom is 0.231 e. The number of allylic oxidation sites excluding steroid dienone is 1. The van der Waals surface area contributed by atoms with E-state index in [1.165, 1.54) is 12.1 Å². The predicted octanol–water partition coefficient (Wildman–Crippen LogP) is 4.80. The van der Waals surface area contributed by atoms with Crippen LogP contribution < -0.4 is 9.47 Å². The smallest absolute Gasteiger partial charge is 0.231 e. The molecule has 4 rings (SSSR count). The second-order valence-electron chi connectivity index (χ2n) is 5.61. The summed E-state index contributed by atoms with van der Waals surface area (Å²) in [5.74, 6) is 1.85. The van der Waals surface area contributed by atoms with Crippen LogP contribution >= 0.6 is 0 Å². The summed E-state index contributed by atoms with van der Waals surface area (Å²) in [6.45, 7) is 0. The number of phenols is 1. The van der Waals surface area contributed by atoms with Crippen LogP contribution in [0, 0.1) is 0 Å². The van der Waals surface area contributed by atoms with Gasteiger partial charge in [-0.1, -0.05) is 30.3 Å². The highest BCUT2D eigenvalue weighted by Gasteiger charge is 2.27. The number of phenolic OH excluding ortho intramolecular Hbond substituents is 1. The molecule has 1 heterocycles. The lowest BCUT2D eigenvalue weighted by Crippen LogP contribution is -1.98. The van der Waals surface area contributed by atoms with Gasteiger partial charge in [0.15, 0.2) is 5.76 Å². The van der Waals surface area contributed by atoms with Crippen molar-refractivity contribution in [2.45, 2.75) is 0 Å². The molecule has 0 fully saturated rings. The fourth-order valence-corrected chi connectivity index (χ4v) is 2.62. The standard InChI is InChI=1S/C21H14O4/c22-15-9-10-18-19(13-15)25-20(21(18)23)12-14-5-4-8-17(11-14)24-16-6-2-1-3-7-16/h1-13,22H. The van der Waals surface area contributed by atoms with Gasteiger partial charge in [-0.2, -0.15) is 0 Å². The zero-order valence-electron chi connectivity index (χ0n) is 13.2. The van der Waals surface area contributed by atoms with Crippen molar-refractivity contribution in [1.82, 2.24) is 0 Å². The Bertz CT molecular complexity index is 974. The second-order valence-corrected chi connectivity index (χ2v) is 5.61. The number of rotatable bonds is 3. The van der Waals surface area contributed by atoms with Gasteiger partial charge in [-0.05, 0) is 48.0 Å². The van der Waals surface area contributed by atoms with Crippen molar-refractivity contribution >= 4 is 11.9 Å². The van der Waals surface area contributed by atoms with E-state index in [9.17, 15) is 9.90 Å². The van der Waals surface area contributed by atoms with Crippen molar-refractivity contribution in [2.75, 3.05) is 0 Å². The summed E-state index contributed by atoms with van der Waals surface area (Å²) in [6, 6.07) is 21.3. The van der Waals surface area contributed by atoms with Crippen molar-refractivity contribution in [3.63, 3.8) is 0 Å². The summed E-state index contributed by atoms with van der Waals surface area (Å²) in [5, 5.41) is 9.51. The van der Waals surface area contributed by atoms with Gasteiger partial charge in [0.1, 0.15) is 23.0 Å². The number of benzene rings is 3. The molecule has 3 aromatic rings. The quantitative estimate of drug-likeness (QED) is 0.701. The highest BCUT2D eigenvalue weighted by molar-refractivity contribution is 6.14. The van der Waals surface area contributed by atoms with E-state index < -0.39 is 0 Å². The summed E-state index contributed by atoms with van der Waals surface area (Å²) in [6.07, 6.45) is 1.66. The van der Waals surface area contributed by atoms with Gasteiger partial charge in [0.2, 0.25) is 5.78 Å². The summed E-state index contributed by atoms with van der Waals surface area (Å²) in [4.78, 5) is 12.4. The van der Waals surface area contributed by atoms with E-state index in [-0.39, 0.29) is 17.3 Å². The van der Waals surface area contributed by atoms with E-state index >= 15 is 0 Å². The maximum absolute atomic E-state index is 12.4. The van der Waals surface area contributed by atoms with E-state index in [0.717, 1.165) is 11.3 Å². The molecular weight excluding hydrogens is 316 g/mol. The van der Waals surface area contributed by atoms with Gasteiger partial charge in [-0.3, -0.25) is 4.79 Å². The monoisotopic (exact) mass is 330 g/mol. The minimum Gasteiger partial charge on any atom is -0.508 e. The van der Waals surface area contributed by atoms with Crippen LogP contribution in [0.5, 0.6) is 23.0 Å². The van der Waals surface area contributed by atoms with Crippen LogP contribution in [-0.2, 0) is 0 Å². The first-order valence-electron chi connectivity index (χ1n) is 7.79. The lowest BCUT2D eigenvalue weighted by Gasteiger charge is -2.06. The maximum atomic E-state index is 12.4. The highest BCUT2D eigenvalue weighted by Crippen LogP contribution is 2.34. The van der Waals surface area contributed by atoms with Gasteiger partial charge in [0.25, 0.3) is 0 Å². The summed E-state index contributed by atoms with van der Waals surface area (Å²) < 4.78 is 11.4. The molecule has 122 valence electrons. The van der Waals surface area contributed by atoms with Crippen molar-refractivity contribution in [3.8, 4) is 23.0 Å². The molecule has 0 saturated heterocycles. The Morgan fingerprint density at radius 2 is 1.68 bits per heavy atom. The fraction of sp³-hybridized carbons (Fsp3) is 0. The van der Waals surface area contributed by atoms with Gasteiger partial charge in [-0.15, -0.1) is 0 Å². The Morgan fingerprint density at radius 3 is 2.52 bits per heavy atom. The first-order chi connectivity index (χ1) is 12.2. The SMILES string of the molecule is O=C1C(=Cc2cccc(Oc3ccccc3)c2)Oc2cc(O)ccc21. The molecule has 0 radical (unpaired) electrons. The molecule has 1 aliphatic heterocycles. The van der Waals surface area contributed by atoms with Crippen molar-refractivity contribution in [1.29, 1.82) is 0 Å². The molecule has 4 nitrogen and oxygen atoms in total. The Hall–Kier alpha value is -3.53. The number of Topliss-reactive ketones (excluding diaryl/α,β-unsaturated/α-hetero) is 1. The third kappa shape index (κ3) is 3.10. The molecular formula is C21H14O4. The summed E-state index contributed by atoms with van der Waals surface area (Å²) in [7, 11) is 0. The molecule has 3 aromatic carbocycles. The number of ketones is 1. The van der Waals surface area contributed by atoms with Crippen LogP contribution in [0.2, 0.25) is 0 Å². The number of hydrogen-bond donors (Lipinski definition) is 1. The van der Waals surface area contributed by atoms with Crippen LogP contribution in [0.1, 0.15) is 15.9 Å². The predicted molar refractivity (Wildman–Crippen MR) is 94.0 cm³/mol. The number of para-hydroxylation sites is 1. The van der Waals surface area contributed by atoms with E-state index in [2.05, 4.69) is 0 Å². The van der Waals surface area contributed by atoms with Crippen LogP contribution in [0.4, 0.5) is 0 Å². The third-order valence-corrected chi connectivity index (χ3v) is 3.79. The van der Waals surface area contributed by atoms with Crippen LogP contribution in [0.15, 0.2) is 78.6 Å². The average molecular weight is 330 g/mol. The molecule has 0 bridgehead atoms. The molecule has 0 unspecified atom stereocenters. The first kappa shape index (κ1) is 15.0. The van der Waals surface area contributed by atoms with Crippen molar-refractivity contribution in [2.24, 2.45) is 0 Å². The molecule has 0 amide bonds. The molecule has 0 saturated carbocycles. The van der Waals surface area contributed by atoms with E-state index in [1.807, 2.05) is 54.6 Å². The highest BCUT2D eigenvalue weighted by atomic mass is 16.5. The molecule has 1 aliphatic rings. The number of hydrogen-bond acceptors (Lipinski definition) is 4. The number of aromatic hydroxyl groups is 1. The van der Waals surface area contributed by atoms with Crippen molar-refractivity contribution in [3.05, 3.63) is 89.7 Å². The van der Waals surface area contributed by atoms with E-state index in [1.54, 1.807) is 12.1 Å². The van der Waals surface area contributed by atoms with Crippen LogP contribution in [-0.4, -0.2) is 10.9 Å². The topological polar surface area (TPSA) is 55.8 Å². The van der Waals surface area contributed by atoms with Gasteiger partial charge >= 0.3 is 0 Å². The Morgan fingerprint density at radius 1 is 0.880 bits per heavy atom. The Labute approximate surface area is 144 Å². The van der Waals surface area contributed by atoms with E-state index in [0.29, 0.717) is 17.1 Å². The fourth-order valence-electron chi connectivity index (χ4n) is 2.62. The number of carbonyl (C=O) groups excluding carboxylic acids is 1. The molecule has 0 aromatic heterocycles. The van der Waals surface area contributed by atoms with Gasteiger partial charge in [-0.25, -0.2) is 0 Å². The molecule has 0 spiro atoms. The molecule has 1 N–H and O–H groups in total. The Balaban J connectivity index is 1.60. The molecule has 4 heteroatoms. The third-order valence-electron chi connectivity index (χ3n) is 3.79. The first-order valence-corrected chi connectivity index (χ1v) is 7.79. The summed E-state index contributed by atoms with van der Waals surface area (Å²) >= 11 is 0. The van der Waals surface area contributed by atoms with Gasteiger partial charge in [0, 0.05) is 6.07 Å². The normalized spacial score (nSPS) is 14.2. The molecule has 0 atom stereocenters.